The Morgan fingerprint density at radius 1 is 1.00 bits per heavy atom. The number of hydrogen-bond donors (Lipinski definition) is 1. The first kappa shape index (κ1) is 22.0. The highest BCUT2D eigenvalue weighted by Gasteiger charge is 2.15. The molecule has 0 unspecified atom stereocenters. The number of benzene rings is 2. The number of carbonyl (C=O) groups excluding carboxylic acids is 2. The maximum atomic E-state index is 13.1. The number of likely N-dealkylation sites (N-methyl/N-ethyl adjacent to an activating group) is 1. The van der Waals surface area contributed by atoms with Crippen LogP contribution in [0.1, 0.15) is 22.3 Å². The van der Waals surface area contributed by atoms with Gasteiger partial charge in [-0.05, 0) is 56.1 Å². The van der Waals surface area contributed by atoms with Crippen molar-refractivity contribution in [2.75, 3.05) is 33.7 Å². The Kier molecular flexibility index (Phi) is 8.60. The SMILES string of the molecule is CN(C)CCN(Cc1ccc(F)cc1)C(=O)CCNC(=O)c1ccc(Br)cc1. The van der Waals surface area contributed by atoms with Crippen molar-refractivity contribution in [1.82, 2.24) is 15.1 Å². The lowest BCUT2D eigenvalue weighted by Crippen LogP contribution is -2.38. The first-order valence-electron chi connectivity index (χ1n) is 9.06. The van der Waals surface area contributed by atoms with Gasteiger partial charge in [0, 0.05) is 42.6 Å². The van der Waals surface area contributed by atoms with E-state index in [9.17, 15) is 14.0 Å². The molecule has 0 atom stereocenters. The van der Waals surface area contributed by atoms with Crippen LogP contribution in [0.4, 0.5) is 4.39 Å². The second-order valence-electron chi connectivity index (χ2n) is 6.76. The third-order valence-corrected chi connectivity index (χ3v) is 4.72. The number of nitrogens with zero attached hydrogens (tertiary/aromatic N) is 2. The smallest absolute Gasteiger partial charge is 0.251 e. The van der Waals surface area contributed by atoms with E-state index >= 15 is 0 Å². The Balaban J connectivity index is 1.90. The highest BCUT2D eigenvalue weighted by atomic mass is 79.9. The summed E-state index contributed by atoms with van der Waals surface area (Å²) in [6.07, 6.45) is 0.205. The molecule has 0 fully saturated rings. The van der Waals surface area contributed by atoms with Gasteiger partial charge in [0.15, 0.2) is 0 Å². The third kappa shape index (κ3) is 7.40. The van der Waals surface area contributed by atoms with Crippen LogP contribution in [0.3, 0.4) is 0 Å². The van der Waals surface area contributed by atoms with Crippen LogP contribution in [0.5, 0.6) is 0 Å². The van der Waals surface area contributed by atoms with Gasteiger partial charge in [-0.1, -0.05) is 28.1 Å². The second-order valence-corrected chi connectivity index (χ2v) is 7.67. The summed E-state index contributed by atoms with van der Waals surface area (Å²) in [6, 6.07) is 13.2. The molecule has 0 aromatic heterocycles. The summed E-state index contributed by atoms with van der Waals surface area (Å²) in [5.41, 5.74) is 1.42. The van der Waals surface area contributed by atoms with Crippen molar-refractivity contribution in [2.45, 2.75) is 13.0 Å². The van der Waals surface area contributed by atoms with E-state index in [0.29, 0.717) is 18.7 Å². The summed E-state index contributed by atoms with van der Waals surface area (Å²) in [5.74, 6) is -0.563. The number of hydrogen-bond acceptors (Lipinski definition) is 3. The van der Waals surface area contributed by atoms with E-state index in [2.05, 4.69) is 21.2 Å². The van der Waals surface area contributed by atoms with Crippen LogP contribution in [0.2, 0.25) is 0 Å². The summed E-state index contributed by atoms with van der Waals surface area (Å²) in [5, 5.41) is 2.78. The summed E-state index contributed by atoms with van der Waals surface area (Å²) >= 11 is 3.33. The standard InChI is InChI=1S/C21H25BrFN3O2/c1-25(2)13-14-26(15-16-3-9-19(23)10-4-16)20(27)11-12-24-21(28)17-5-7-18(22)8-6-17/h3-10H,11-15H2,1-2H3,(H,24,28). The summed E-state index contributed by atoms with van der Waals surface area (Å²) < 4.78 is 14.0. The Morgan fingerprint density at radius 3 is 2.25 bits per heavy atom. The molecule has 0 radical (unpaired) electrons. The molecule has 7 heteroatoms. The molecule has 0 aliphatic carbocycles. The molecule has 5 nitrogen and oxygen atoms in total. The molecular formula is C21H25BrFN3O2. The molecule has 0 bridgehead atoms. The van der Waals surface area contributed by atoms with Crippen LogP contribution in [-0.4, -0.2) is 55.3 Å². The van der Waals surface area contributed by atoms with Crippen molar-refractivity contribution >= 4 is 27.7 Å². The maximum Gasteiger partial charge on any atom is 0.251 e. The second kappa shape index (κ2) is 10.9. The summed E-state index contributed by atoms with van der Waals surface area (Å²) in [6.45, 7) is 1.95. The van der Waals surface area contributed by atoms with Gasteiger partial charge in [-0.3, -0.25) is 9.59 Å². The van der Waals surface area contributed by atoms with Crippen LogP contribution >= 0.6 is 15.9 Å². The zero-order valence-corrected chi connectivity index (χ0v) is 17.7. The van der Waals surface area contributed by atoms with E-state index in [-0.39, 0.29) is 30.6 Å². The lowest BCUT2D eigenvalue weighted by Gasteiger charge is -2.25. The van der Waals surface area contributed by atoms with E-state index in [0.717, 1.165) is 16.6 Å². The van der Waals surface area contributed by atoms with Crippen LogP contribution in [0, 0.1) is 5.82 Å². The van der Waals surface area contributed by atoms with E-state index in [1.54, 1.807) is 41.3 Å². The molecule has 0 spiro atoms. The van der Waals surface area contributed by atoms with Crippen molar-refractivity contribution in [3.05, 3.63) is 69.9 Å². The minimum Gasteiger partial charge on any atom is -0.352 e. The number of halogens is 2. The van der Waals surface area contributed by atoms with E-state index in [1.165, 1.54) is 12.1 Å². The maximum absolute atomic E-state index is 13.1. The van der Waals surface area contributed by atoms with Crippen molar-refractivity contribution < 1.29 is 14.0 Å². The average Bonchev–Trinajstić information content (AvgIpc) is 2.66. The Morgan fingerprint density at radius 2 is 1.64 bits per heavy atom. The highest BCUT2D eigenvalue weighted by molar-refractivity contribution is 9.10. The molecule has 28 heavy (non-hydrogen) atoms. The predicted molar refractivity (Wildman–Crippen MR) is 111 cm³/mol. The summed E-state index contributed by atoms with van der Waals surface area (Å²) in [7, 11) is 3.89. The van der Waals surface area contributed by atoms with E-state index in [1.807, 2.05) is 19.0 Å². The molecule has 0 saturated heterocycles. The fourth-order valence-corrected chi connectivity index (χ4v) is 2.83. The molecule has 2 rings (SSSR count). The summed E-state index contributed by atoms with van der Waals surface area (Å²) in [4.78, 5) is 28.6. The van der Waals surface area contributed by atoms with Crippen molar-refractivity contribution in [2.24, 2.45) is 0 Å². The zero-order valence-electron chi connectivity index (χ0n) is 16.1. The first-order valence-corrected chi connectivity index (χ1v) is 9.85. The van der Waals surface area contributed by atoms with E-state index in [4.69, 9.17) is 0 Å². The Labute approximate surface area is 173 Å². The Hall–Kier alpha value is -2.25. The van der Waals surface area contributed by atoms with Gasteiger partial charge in [0.1, 0.15) is 5.82 Å². The molecule has 2 aromatic rings. The van der Waals surface area contributed by atoms with Gasteiger partial charge in [-0.25, -0.2) is 4.39 Å². The van der Waals surface area contributed by atoms with E-state index < -0.39 is 0 Å². The van der Waals surface area contributed by atoms with Crippen LogP contribution in [0.15, 0.2) is 53.0 Å². The van der Waals surface area contributed by atoms with Gasteiger partial charge in [0.05, 0.1) is 0 Å². The minimum atomic E-state index is -0.300. The molecule has 0 saturated carbocycles. The molecule has 0 aliphatic heterocycles. The number of nitrogens with one attached hydrogen (secondary N) is 1. The van der Waals surface area contributed by atoms with Gasteiger partial charge in [0.25, 0.3) is 5.91 Å². The minimum absolute atomic E-state index is 0.0534. The van der Waals surface area contributed by atoms with Gasteiger partial charge in [0.2, 0.25) is 5.91 Å². The highest BCUT2D eigenvalue weighted by Crippen LogP contribution is 2.11. The van der Waals surface area contributed by atoms with Crippen LogP contribution in [0.25, 0.3) is 0 Å². The van der Waals surface area contributed by atoms with Gasteiger partial charge in [-0.15, -0.1) is 0 Å². The quantitative estimate of drug-likeness (QED) is 0.638. The molecule has 2 amide bonds. The zero-order chi connectivity index (χ0) is 20.5. The van der Waals surface area contributed by atoms with Gasteiger partial charge < -0.3 is 15.1 Å². The van der Waals surface area contributed by atoms with Gasteiger partial charge in [-0.2, -0.15) is 0 Å². The lowest BCUT2D eigenvalue weighted by atomic mass is 10.2. The third-order valence-electron chi connectivity index (χ3n) is 4.19. The van der Waals surface area contributed by atoms with Gasteiger partial charge >= 0.3 is 0 Å². The average molecular weight is 450 g/mol. The van der Waals surface area contributed by atoms with Crippen molar-refractivity contribution in [1.29, 1.82) is 0 Å². The van der Waals surface area contributed by atoms with Crippen LogP contribution < -0.4 is 5.32 Å². The number of amides is 2. The number of carbonyl (C=O) groups is 2. The fraction of sp³-hybridized carbons (Fsp3) is 0.333. The molecule has 0 aliphatic rings. The first-order chi connectivity index (χ1) is 13.3. The van der Waals surface area contributed by atoms with Crippen LogP contribution in [-0.2, 0) is 11.3 Å². The van der Waals surface area contributed by atoms with Crippen molar-refractivity contribution in [3.8, 4) is 0 Å². The molecular weight excluding hydrogens is 425 g/mol. The normalized spacial score (nSPS) is 10.8. The Bertz CT molecular complexity index is 779. The fourth-order valence-electron chi connectivity index (χ4n) is 2.57. The molecule has 2 aromatic carbocycles. The molecule has 0 heterocycles. The molecule has 1 N–H and O–H groups in total. The molecule has 150 valence electrons. The lowest BCUT2D eigenvalue weighted by molar-refractivity contribution is -0.131. The predicted octanol–water partition coefficient (Wildman–Crippen LogP) is 3.30. The largest absolute Gasteiger partial charge is 0.352 e. The monoisotopic (exact) mass is 449 g/mol. The topological polar surface area (TPSA) is 52.6 Å². The number of rotatable bonds is 9. The van der Waals surface area contributed by atoms with Crippen molar-refractivity contribution in [3.63, 3.8) is 0 Å².